The number of fused-ring (bicyclic) bond motifs is 2. The van der Waals surface area contributed by atoms with E-state index in [1.54, 1.807) is 36.1 Å². The van der Waals surface area contributed by atoms with Crippen LogP contribution in [0.4, 0.5) is 5.69 Å². The first kappa shape index (κ1) is 17.3. The third-order valence-electron chi connectivity index (χ3n) is 4.66. The van der Waals surface area contributed by atoms with Crippen LogP contribution in [0.15, 0.2) is 24.3 Å². The van der Waals surface area contributed by atoms with Crippen LogP contribution in [0.1, 0.15) is 32.6 Å². The van der Waals surface area contributed by atoms with E-state index in [0.29, 0.717) is 30.8 Å². The van der Waals surface area contributed by atoms with Gasteiger partial charge in [0.1, 0.15) is 5.75 Å². The summed E-state index contributed by atoms with van der Waals surface area (Å²) in [6.45, 7) is 2.22. The summed E-state index contributed by atoms with van der Waals surface area (Å²) in [4.78, 5) is 37.5. The number of amides is 3. The molecule has 2 saturated heterocycles. The van der Waals surface area contributed by atoms with Gasteiger partial charge in [0, 0.05) is 43.2 Å². The van der Waals surface area contributed by atoms with E-state index >= 15 is 0 Å². The van der Waals surface area contributed by atoms with E-state index < -0.39 is 0 Å². The summed E-state index contributed by atoms with van der Waals surface area (Å²) in [7, 11) is 0. The Morgan fingerprint density at radius 3 is 2.92 bits per heavy atom. The molecule has 2 N–H and O–H groups in total. The van der Waals surface area contributed by atoms with Crippen molar-refractivity contribution < 1.29 is 19.1 Å². The van der Waals surface area contributed by atoms with Gasteiger partial charge in [-0.15, -0.1) is 0 Å². The first-order valence-electron chi connectivity index (χ1n) is 8.67. The molecule has 7 nitrogen and oxygen atoms in total. The minimum Gasteiger partial charge on any atom is -0.484 e. The number of carbonyl (C=O) groups excluding carboxylic acids is 3. The molecular weight excluding hydrogens is 322 g/mol. The number of carbonyl (C=O) groups is 3. The molecule has 2 fully saturated rings. The van der Waals surface area contributed by atoms with Crippen molar-refractivity contribution in [1.29, 1.82) is 0 Å². The second-order valence-electron chi connectivity index (χ2n) is 6.41. The topological polar surface area (TPSA) is 87.7 Å². The molecule has 134 valence electrons. The minimum atomic E-state index is -0.105. The van der Waals surface area contributed by atoms with E-state index in [2.05, 4.69) is 10.6 Å². The molecule has 1 aromatic rings. The highest BCUT2D eigenvalue weighted by atomic mass is 16.5. The van der Waals surface area contributed by atoms with Gasteiger partial charge in [-0.3, -0.25) is 14.4 Å². The Morgan fingerprint density at radius 1 is 1.32 bits per heavy atom. The Bertz CT molecular complexity index is 676. The number of anilines is 1. The molecule has 0 saturated carbocycles. The highest BCUT2D eigenvalue weighted by Gasteiger charge is 2.40. The molecule has 1 aromatic carbocycles. The zero-order chi connectivity index (χ0) is 17.8. The Morgan fingerprint density at radius 2 is 2.12 bits per heavy atom. The number of hydrogen-bond donors (Lipinski definition) is 2. The first-order chi connectivity index (χ1) is 12.1. The molecule has 0 radical (unpaired) electrons. The highest BCUT2D eigenvalue weighted by molar-refractivity contribution is 5.90. The molecule has 2 atom stereocenters. The van der Waals surface area contributed by atoms with Gasteiger partial charge >= 0.3 is 0 Å². The van der Waals surface area contributed by atoms with Crippen molar-refractivity contribution in [2.45, 2.75) is 44.7 Å². The number of rotatable bonds is 5. The molecule has 7 heteroatoms. The molecule has 0 spiro atoms. The summed E-state index contributed by atoms with van der Waals surface area (Å²) in [5.74, 6) is 0.349. The summed E-state index contributed by atoms with van der Waals surface area (Å²) in [5, 5.41) is 5.61. The fraction of sp³-hybridized carbons (Fsp3) is 0.500. The lowest BCUT2D eigenvalue weighted by Crippen LogP contribution is -2.44. The maximum Gasteiger partial charge on any atom is 0.261 e. The molecule has 2 aliphatic rings. The monoisotopic (exact) mass is 345 g/mol. The SMILES string of the molecule is CCC(=O)Nc1cccc(OCC(=O)N2[C@@H]3CC[C@H]2CNC(=O)C3)c1. The Labute approximate surface area is 146 Å². The lowest BCUT2D eigenvalue weighted by atomic mass is 10.1. The van der Waals surface area contributed by atoms with E-state index in [9.17, 15) is 14.4 Å². The molecule has 2 heterocycles. The Hall–Kier alpha value is -2.57. The molecule has 0 aromatic heterocycles. The molecule has 3 rings (SSSR count). The average Bonchev–Trinajstić information content (AvgIpc) is 2.91. The average molecular weight is 345 g/mol. The van der Waals surface area contributed by atoms with Crippen LogP contribution in [-0.2, 0) is 14.4 Å². The van der Waals surface area contributed by atoms with Crippen molar-refractivity contribution in [2.75, 3.05) is 18.5 Å². The van der Waals surface area contributed by atoms with Crippen LogP contribution in [-0.4, -0.2) is 47.9 Å². The highest BCUT2D eigenvalue weighted by Crippen LogP contribution is 2.28. The summed E-state index contributed by atoms with van der Waals surface area (Å²) < 4.78 is 5.62. The molecule has 3 amide bonds. The van der Waals surface area contributed by atoms with Gasteiger partial charge in [-0.05, 0) is 25.0 Å². The summed E-state index contributed by atoms with van der Waals surface area (Å²) >= 11 is 0. The molecule has 25 heavy (non-hydrogen) atoms. The zero-order valence-electron chi connectivity index (χ0n) is 14.3. The van der Waals surface area contributed by atoms with Crippen molar-refractivity contribution >= 4 is 23.4 Å². The third-order valence-corrected chi connectivity index (χ3v) is 4.66. The summed E-state index contributed by atoms with van der Waals surface area (Å²) in [6, 6.07) is 7.01. The molecular formula is C18H23N3O4. The van der Waals surface area contributed by atoms with Crippen molar-refractivity contribution in [3.05, 3.63) is 24.3 Å². The first-order valence-corrected chi connectivity index (χ1v) is 8.67. The largest absolute Gasteiger partial charge is 0.484 e. The number of nitrogens with zero attached hydrogens (tertiary/aromatic N) is 1. The maximum atomic E-state index is 12.6. The standard InChI is InChI=1S/C18H23N3O4/c1-2-16(22)20-12-4-3-5-15(8-12)25-11-18(24)21-13-6-7-14(21)10-19-17(23)9-13/h3-5,8,13-14H,2,6-7,9-11H2,1H3,(H,19,23)(H,20,22)/t13-,14+/m1/s1. The summed E-state index contributed by atoms with van der Waals surface area (Å²) in [5.41, 5.74) is 0.640. The lowest BCUT2D eigenvalue weighted by molar-refractivity contribution is -0.136. The summed E-state index contributed by atoms with van der Waals surface area (Å²) in [6.07, 6.45) is 2.53. The fourth-order valence-corrected chi connectivity index (χ4v) is 3.42. The van der Waals surface area contributed by atoms with Gasteiger partial charge in [-0.25, -0.2) is 0 Å². The van der Waals surface area contributed by atoms with Gasteiger partial charge in [0.05, 0.1) is 0 Å². The third kappa shape index (κ3) is 4.10. The van der Waals surface area contributed by atoms with Crippen LogP contribution in [0.5, 0.6) is 5.75 Å². The Kier molecular flexibility index (Phi) is 5.21. The molecule has 0 aliphatic carbocycles. The van der Waals surface area contributed by atoms with Gasteiger partial charge in [0.25, 0.3) is 5.91 Å². The van der Waals surface area contributed by atoms with Crippen LogP contribution in [0.2, 0.25) is 0 Å². The van der Waals surface area contributed by atoms with Gasteiger partial charge in [-0.2, -0.15) is 0 Å². The van der Waals surface area contributed by atoms with E-state index in [0.717, 1.165) is 12.8 Å². The second kappa shape index (κ2) is 7.55. The van der Waals surface area contributed by atoms with Gasteiger partial charge in [0.15, 0.2) is 6.61 Å². The van der Waals surface area contributed by atoms with E-state index in [4.69, 9.17) is 4.74 Å². The second-order valence-corrected chi connectivity index (χ2v) is 6.41. The van der Waals surface area contributed by atoms with Crippen LogP contribution in [0.25, 0.3) is 0 Å². The Balaban J connectivity index is 1.60. The maximum absolute atomic E-state index is 12.6. The molecule has 2 bridgehead atoms. The van der Waals surface area contributed by atoms with Gasteiger partial charge in [-0.1, -0.05) is 13.0 Å². The lowest BCUT2D eigenvalue weighted by Gasteiger charge is -2.27. The van der Waals surface area contributed by atoms with Gasteiger partial charge < -0.3 is 20.3 Å². The minimum absolute atomic E-state index is 0.00489. The number of benzene rings is 1. The van der Waals surface area contributed by atoms with Crippen molar-refractivity contribution in [3.63, 3.8) is 0 Å². The number of hydrogen-bond acceptors (Lipinski definition) is 4. The number of ether oxygens (including phenoxy) is 1. The van der Waals surface area contributed by atoms with E-state index in [1.165, 1.54) is 0 Å². The molecule has 0 unspecified atom stereocenters. The number of nitrogens with one attached hydrogen (secondary N) is 2. The van der Waals surface area contributed by atoms with E-state index in [-0.39, 0.29) is 36.4 Å². The van der Waals surface area contributed by atoms with Crippen molar-refractivity contribution in [1.82, 2.24) is 10.2 Å². The van der Waals surface area contributed by atoms with Crippen LogP contribution in [0, 0.1) is 0 Å². The van der Waals surface area contributed by atoms with Crippen molar-refractivity contribution in [2.24, 2.45) is 0 Å². The van der Waals surface area contributed by atoms with Crippen LogP contribution >= 0.6 is 0 Å². The predicted octanol–water partition coefficient (Wildman–Crippen LogP) is 1.29. The fourth-order valence-electron chi connectivity index (χ4n) is 3.42. The van der Waals surface area contributed by atoms with Crippen molar-refractivity contribution in [3.8, 4) is 5.75 Å². The normalized spacial score (nSPS) is 22.1. The smallest absolute Gasteiger partial charge is 0.261 e. The van der Waals surface area contributed by atoms with Crippen LogP contribution in [0.3, 0.4) is 0 Å². The molecule has 2 aliphatic heterocycles. The zero-order valence-corrected chi connectivity index (χ0v) is 14.3. The predicted molar refractivity (Wildman–Crippen MR) is 92.1 cm³/mol. The quantitative estimate of drug-likeness (QED) is 0.842. The van der Waals surface area contributed by atoms with E-state index in [1.807, 2.05) is 0 Å². The van der Waals surface area contributed by atoms with Gasteiger partial charge in [0.2, 0.25) is 11.8 Å². The van der Waals surface area contributed by atoms with Crippen LogP contribution < -0.4 is 15.4 Å².